The van der Waals surface area contributed by atoms with Crippen molar-refractivity contribution in [3.63, 3.8) is 0 Å². The van der Waals surface area contributed by atoms with Crippen LogP contribution >= 0.6 is 0 Å². The molecular weight excluding hydrogens is 392 g/mol. The molecule has 2 aromatic rings. The zero-order valence-electron chi connectivity index (χ0n) is 18.4. The lowest BCUT2D eigenvalue weighted by atomic mass is 9.90. The van der Waals surface area contributed by atoms with Crippen molar-refractivity contribution in [3.8, 4) is 0 Å². The number of nitrogen functional groups attached to an aromatic ring is 1. The van der Waals surface area contributed by atoms with Gasteiger partial charge in [-0.2, -0.15) is 9.97 Å². The van der Waals surface area contributed by atoms with Crippen molar-refractivity contribution in [3.05, 3.63) is 46.0 Å². The van der Waals surface area contributed by atoms with Gasteiger partial charge in [-0.1, -0.05) is 44.2 Å². The van der Waals surface area contributed by atoms with Gasteiger partial charge in [-0.15, -0.1) is 0 Å². The van der Waals surface area contributed by atoms with Crippen LogP contribution < -0.4 is 15.5 Å². The molecule has 2 fully saturated rings. The van der Waals surface area contributed by atoms with Crippen molar-refractivity contribution in [2.75, 3.05) is 41.7 Å². The average Bonchev–Trinajstić information content (AvgIpc) is 2.73. The second-order valence-electron chi connectivity index (χ2n) is 9.31. The zero-order valence-corrected chi connectivity index (χ0v) is 18.4. The Labute approximate surface area is 183 Å². The minimum Gasteiger partial charge on any atom is -0.378 e. The van der Waals surface area contributed by atoms with Gasteiger partial charge in [0, 0.05) is 26.2 Å². The molecule has 2 unspecified atom stereocenters. The quantitative estimate of drug-likeness (QED) is 0.573. The molecule has 0 amide bonds. The van der Waals surface area contributed by atoms with Crippen molar-refractivity contribution in [2.45, 2.75) is 39.5 Å². The molecule has 0 saturated carbocycles. The van der Waals surface area contributed by atoms with Gasteiger partial charge in [0.15, 0.2) is 0 Å². The third kappa shape index (κ3) is 4.89. The van der Waals surface area contributed by atoms with Gasteiger partial charge < -0.3 is 15.5 Å². The number of nitrogens with zero attached hydrogens (tertiary/aromatic N) is 5. The lowest BCUT2D eigenvalue weighted by molar-refractivity contribution is -0.383. The van der Waals surface area contributed by atoms with E-state index in [0.29, 0.717) is 29.5 Å². The molecule has 166 valence electrons. The first-order valence-corrected chi connectivity index (χ1v) is 11.3. The number of nitrogens with two attached hydrogens (primary N) is 1. The van der Waals surface area contributed by atoms with Crippen LogP contribution in [-0.2, 0) is 6.42 Å². The normalized spacial score (nSPS) is 22.5. The van der Waals surface area contributed by atoms with E-state index in [-0.39, 0.29) is 11.5 Å². The van der Waals surface area contributed by atoms with Crippen LogP contribution in [0.3, 0.4) is 0 Å². The van der Waals surface area contributed by atoms with Gasteiger partial charge >= 0.3 is 5.69 Å². The third-order valence-corrected chi connectivity index (χ3v) is 6.50. The summed E-state index contributed by atoms with van der Waals surface area (Å²) in [5, 5.41) is 11.8. The SMILES string of the molecule is CC1CC(C)CN(c2nc(N)c([N+](=O)[O-])c(N3CCC(Cc4ccccc4)CC3)n2)C1. The molecule has 2 aliphatic heterocycles. The molecule has 1 aromatic heterocycles. The molecule has 0 aliphatic carbocycles. The van der Waals surface area contributed by atoms with Gasteiger partial charge in [0.1, 0.15) is 0 Å². The molecule has 3 heterocycles. The lowest BCUT2D eigenvalue weighted by Crippen LogP contribution is -2.40. The largest absolute Gasteiger partial charge is 0.378 e. The Morgan fingerprint density at radius 1 is 1.06 bits per heavy atom. The maximum Gasteiger partial charge on any atom is 0.353 e. The smallest absolute Gasteiger partial charge is 0.353 e. The van der Waals surface area contributed by atoms with Gasteiger partial charge in [0.2, 0.25) is 17.6 Å². The summed E-state index contributed by atoms with van der Waals surface area (Å²) in [7, 11) is 0. The van der Waals surface area contributed by atoms with E-state index in [1.165, 1.54) is 12.0 Å². The Morgan fingerprint density at radius 2 is 1.71 bits per heavy atom. The van der Waals surface area contributed by atoms with E-state index >= 15 is 0 Å². The van der Waals surface area contributed by atoms with E-state index in [4.69, 9.17) is 10.7 Å². The number of nitro groups is 1. The number of anilines is 3. The standard InChI is InChI=1S/C23H32N6O2/c1-16-12-17(2)15-28(14-16)23-25-21(24)20(29(30)31)22(26-23)27-10-8-19(9-11-27)13-18-6-4-3-5-7-18/h3-7,16-17,19H,8-15H2,1-2H3,(H2,24,25,26). The van der Waals surface area contributed by atoms with Crippen molar-refractivity contribution in [1.82, 2.24) is 9.97 Å². The molecule has 2 aliphatic rings. The van der Waals surface area contributed by atoms with E-state index in [1.54, 1.807) is 0 Å². The first-order chi connectivity index (χ1) is 14.9. The van der Waals surface area contributed by atoms with E-state index in [0.717, 1.165) is 45.4 Å². The molecule has 2 saturated heterocycles. The van der Waals surface area contributed by atoms with Gasteiger partial charge in [-0.3, -0.25) is 10.1 Å². The van der Waals surface area contributed by atoms with Crippen LogP contribution in [0.5, 0.6) is 0 Å². The second kappa shape index (κ2) is 9.08. The van der Waals surface area contributed by atoms with Crippen LogP contribution in [0.25, 0.3) is 0 Å². The lowest BCUT2D eigenvalue weighted by Gasteiger charge is -2.36. The number of aromatic nitrogens is 2. The molecular formula is C23H32N6O2. The fraction of sp³-hybridized carbons (Fsp3) is 0.565. The fourth-order valence-electron chi connectivity index (χ4n) is 5.11. The van der Waals surface area contributed by atoms with Crippen LogP contribution in [0.4, 0.5) is 23.3 Å². The summed E-state index contributed by atoms with van der Waals surface area (Å²) in [5.41, 5.74) is 7.27. The average molecular weight is 425 g/mol. The highest BCUT2D eigenvalue weighted by atomic mass is 16.6. The Morgan fingerprint density at radius 3 is 2.32 bits per heavy atom. The highest BCUT2D eigenvalue weighted by Crippen LogP contribution is 2.36. The highest BCUT2D eigenvalue weighted by Gasteiger charge is 2.32. The van der Waals surface area contributed by atoms with Crippen LogP contribution in [0, 0.1) is 27.9 Å². The van der Waals surface area contributed by atoms with Gasteiger partial charge in [-0.25, -0.2) is 0 Å². The summed E-state index contributed by atoms with van der Waals surface area (Å²) in [6.07, 6.45) is 4.16. The van der Waals surface area contributed by atoms with Crippen LogP contribution in [0.15, 0.2) is 30.3 Å². The summed E-state index contributed by atoms with van der Waals surface area (Å²) in [6, 6.07) is 10.5. The van der Waals surface area contributed by atoms with Crippen LogP contribution in [-0.4, -0.2) is 41.1 Å². The second-order valence-corrected chi connectivity index (χ2v) is 9.31. The van der Waals surface area contributed by atoms with Crippen molar-refractivity contribution >= 4 is 23.3 Å². The van der Waals surface area contributed by atoms with E-state index in [2.05, 4.69) is 48.0 Å². The summed E-state index contributed by atoms with van der Waals surface area (Å²) in [4.78, 5) is 24.5. The highest BCUT2D eigenvalue weighted by molar-refractivity contribution is 5.71. The van der Waals surface area contributed by atoms with Crippen LogP contribution in [0.1, 0.15) is 38.7 Å². The summed E-state index contributed by atoms with van der Waals surface area (Å²) in [6.45, 7) is 7.61. The molecule has 0 radical (unpaired) electrons. The topological polar surface area (TPSA) is 101 Å². The van der Waals surface area contributed by atoms with E-state index < -0.39 is 4.92 Å². The van der Waals surface area contributed by atoms with Crippen molar-refractivity contribution in [1.29, 1.82) is 0 Å². The zero-order chi connectivity index (χ0) is 22.0. The third-order valence-electron chi connectivity index (χ3n) is 6.50. The molecule has 2 N–H and O–H groups in total. The fourth-order valence-corrected chi connectivity index (χ4v) is 5.11. The van der Waals surface area contributed by atoms with Gasteiger partial charge in [-0.05, 0) is 49.0 Å². The Balaban J connectivity index is 1.54. The Kier molecular flexibility index (Phi) is 6.25. The molecule has 0 bridgehead atoms. The number of hydrogen-bond acceptors (Lipinski definition) is 7. The van der Waals surface area contributed by atoms with Crippen LogP contribution in [0.2, 0.25) is 0 Å². The Bertz CT molecular complexity index is 904. The van der Waals surface area contributed by atoms with E-state index in [1.807, 2.05) is 11.0 Å². The van der Waals surface area contributed by atoms with Gasteiger partial charge in [0.25, 0.3) is 0 Å². The Hall–Kier alpha value is -2.90. The summed E-state index contributed by atoms with van der Waals surface area (Å²) >= 11 is 0. The molecule has 4 rings (SSSR count). The molecule has 8 heteroatoms. The maximum absolute atomic E-state index is 11.8. The number of hydrogen-bond donors (Lipinski definition) is 1. The summed E-state index contributed by atoms with van der Waals surface area (Å²) < 4.78 is 0. The molecule has 8 nitrogen and oxygen atoms in total. The minimum absolute atomic E-state index is 0.0395. The molecule has 31 heavy (non-hydrogen) atoms. The molecule has 1 aromatic carbocycles. The molecule has 0 spiro atoms. The number of piperidine rings is 2. The first-order valence-electron chi connectivity index (χ1n) is 11.3. The van der Waals surface area contributed by atoms with Gasteiger partial charge in [0.05, 0.1) is 4.92 Å². The molecule has 2 atom stereocenters. The summed E-state index contributed by atoms with van der Waals surface area (Å²) in [5.74, 6) is 2.48. The first kappa shape index (κ1) is 21.3. The number of rotatable bonds is 5. The monoisotopic (exact) mass is 424 g/mol. The van der Waals surface area contributed by atoms with Crippen molar-refractivity contribution < 1.29 is 4.92 Å². The minimum atomic E-state index is -0.439. The maximum atomic E-state index is 11.8. The predicted molar refractivity (Wildman–Crippen MR) is 123 cm³/mol. The van der Waals surface area contributed by atoms with E-state index in [9.17, 15) is 10.1 Å². The number of benzene rings is 1. The predicted octanol–water partition coefficient (Wildman–Crippen LogP) is 3.91. The van der Waals surface area contributed by atoms with Crippen molar-refractivity contribution in [2.24, 2.45) is 17.8 Å².